The van der Waals surface area contributed by atoms with Gasteiger partial charge < -0.3 is 0 Å². The van der Waals surface area contributed by atoms with E-state index >= 15 is 0 Å². The number of alkyl halides is 1. The second-order valence-electron chi connectivity index (χ2n) is 5.72. The Morgan fingerprint density at radius 2 is 1.88 bits per heavy atom. The second kappa shape index (κ2) is 4.04. The Morgan fingerprint density at radius 3 is 2.47 bits per heavy atom. The number of halogens is 3. The third kappa shape index (κ3) is 2.14. The molecule has 0 spiro atoms. The van der Waals surface area contributed by atoms with Gasteiger partial charge in [0.2, 0.25) is 0 Å². The van der Waals surface area contributed by atoms with Crippen molar-refractivity contribution in [2.45, 2.75) is 25.7 Å². The summed E-state index contributed by atoms with van der Waals surface area (Å²) >= 11 is 3.60. The van der Waals surface area contributed by atoms with E-state index in [2.05, 4.69) is 15.9 Å². The summed E-state index contributed by atoms with van der Waals surface area (Å²) in [5.41, 5.74) is 1.20. The molecule has 2 fully saturated rings. The summed E-state index contributed by atoms with van der Waals surface area (Å²) in [6.45, 7) is 0. The molecule has 1 aromatic rings. The van der Waals surface area contributed by atoms with Crippen molar-refractivity contribution in [1.29, 1.82) is 0 Å². The Balaban J connectivity index is 1.78. The number of rotatable bonds is 3. The normalized spacial score (nSPS) is 34.8. The highest BCUT2D eigenvalue weighted by Gasteiger charge is 2.52. The Hall–Kier alpha value is -0.440. The van der Waals surface area contributed by atoms with Crippen molar-refractivity contribution in [1.82, 2.24) is 0 Å². The van der Waals surface area contributed by atoms with E-state index in [0.717, 1.165) is 29.2 Å². The minimum Gasteiger partial charge on any atom is -0.204 e. The van der Waals surface area contributed by atoms with Gasteiger partial charge in [-0.2, -0.15) is 0 Å². The Kier molecular flexibility index (Phi) is 2.77. The van der Waals surface area contributed by atoms with Crippen LogP contribution in [0.4, 0.5) is 8.78 Å². The molecule has 0 heterocycles. The SMILES string of the molecule is Fc1ccc(CC2(CBr)CC3CC3C2)cc1F. The van der Waals surface area contributed by atoms with Gasteiger partial charge in [-0.25, -0.2) is 8.78 Å². The molecule has 0 amide bonds. The molecule has 0 aliphatic heterocycles. The van der Waals surface area contributed by atoms with Crippen molar-refractivity contribution >= 4 is 15.9 Å². The first kappa shape index (κ1) is 11.6. The smallest absolute Gasteiger partial charge is 0.159 e. The van der Waals surface area contributed by atoms with Crippen molar-refractivity contribution in [3.05, 3.63) is 35.4 Å². The first-order valence-corrected chi connectivity index (χ1v) is 7.24. The van der Waals surface area contributed by atoms with Gasteiger partial charge in [-0.1, -0.05) is 22.0 Å². The molecule has 2 saturated carbocycles. The predicted molar refractivity (Wildman–Crippen MR) is 67.1 cm³/mol. The number of hydrogen-bond acceptors (Lipinski definition) is 0. The number of benzene rings is 1. The lowest BCUT2D eigenvalue weighted by molar-refractivity contribution is 0.307. The summed E-state index contributed by atoms with van der Waals surface area (Å²) < 4.78 is 26.1. The zero-order chi connectivity index (χ0) is 12.0. The van der Waals surface area contributed by atoms with E-state index in [1.165, 1.54) is 31.4 Å². The van der Waals surface area contributed by atoms with Crippen LogP contribution < -0.4 is 0 Å². The molecule has 17 heavy (non-hydrogen) atoms. The summed E-state index contributed by atoms with van der Waals surface area (Å²) in [5, 5.41) is 0.964. The zero-order valence-corrected chi connectivity index (χ0v) is 11.1. The van der Waals surface area contributed by atoms with E-state index in [4.69, 9.17) is 0 Å². The van der Waals surface area contributed by atoms with E-state index in [1.807, 2.05) is 0 Å². The van der Waals surface area contributed by atoms with Crippen LogP contribution in [-0.4, -0.2) is 5.33 Å². The quantitative estimate of drug-likeness (QED) is 0.729. The van der Waals surface area contributed by atoms with Crippen molar-refractivity contribution < 1.29 is 8.78 Å². The monoisotopic (exact) mass is 300 g/mol. The molecule has 0 saturated heterocycles. The maximum absolute atomic E-state index is 13.2. The largest absolute Gasteiger partial charge is 0.204 e. The van der Waals surface area contributed by atoms with Crippen LogP contribution in [0.5, 0.6) is 0 Å². The summed E-state index contributed by atoms with van der Waals surface area (Å²) in [6.07, 6.45) is 4.72. The van der Waals surface area contributed by atoms with Gasteiger partial charge >= 0.3 is 0 Å². The van der Waals surface area contributed by atoms with Gasteiger partial charge in [-0.15, -0.1) is 0 Å². The van der Waals surface area contributed by atoms with Gasteiger partial charge in [0.05, 0.1) is 0 Å². The molecule has 3 rings (SSSR count). The topological polar surface area (TPSA) is 0 Å². The summed E-state index contributed by atoms with van der Waals surface area (Å²) in [6, 6.07) is 4.30. The summed E-state index contributed by atoms with van der Waals surface area (Å²) in [5.74, 6) is 0.321. The second-order valence-corrected chi connectivity index (χ2v) is 6.28. The molecular formula is C14H15BrF2. The maximum atomic E-state index is 13.2. The van der Waals surface area contributed by atoms with E-state index in [-0.39, 0.29) is 5.41 Å². The molecule has 92 valence electrons. The maximum Gasteiger partial charge on any atom is 0.159 e. The number of hydrogen-bond donors (Lipinski definition) is 0. The highest BCUT2D eigenvalue weighted by molar-refractivity contribution is 9.09. The molecule has 2 aliphatic rings. The molecule has 0 nitrogen and oxygen atoms in total. The van der Waals surface area contributed by atoms with Crippen LogP contribution >= 0.6 is 15.9 Å². The zero-order valence-electron chi connectivity index (χ0n) is 9.56. The molecule has 0 radical (unpaired) electrons. The van der Waals surface area contributed by atoms with Gasteiger partial charge in [0.25, 0.3) is 0 Å². The van der Waals surface area contributed by atoms with Gasteiger partial charge in [0.15, 0.2) is 11.6 Å². The van der Waals surface area contributed by atoms with Crippen molar-refractivity contribution in [2.24, 2.45) is 17.3 Å². The Labute approximate surface area is 109 Å². The van der Waals surface area contributed by atoms with Crippen molar-refractivity contribution in [3.63, 3.8) is 0 Å². The van der Waals surface area contributed by atoms with Crippen LogP contribution in [0, 0.1) is 28.9 Å². The van der Waals surface area contributed by atoms with E-state index in [1.54, 1.807) is 6.07 Å². The fraction of sp³-hybridized carbons (Fsp3) is 0.571. The lowest BCUT2D eigenvalue weighted by Crippen LogP contribution is -2.23. The molecule has 0 aromatic heterocycles. The Morgan fingerprint density at radius 1 is 1.18 bits per heavy atom. The summed E-state index contributed by atoms with van der Waals surface area (Å²) in [4.78, 5) is 0. The average molecular weight is 301 g/mol. The molecule has 2 unspecified atom stereocenters. The lowest BCUT2D eigenvalue weighted by atomic mass is 9.79. The van der Waals surface area contributed by atoms with Crippen LogP contribution in [0.15, 0.2) is 18.2 Å². The minimum absolute atomic E-state index is 0.276. The van der Waals surface area contributed by atoms with Gasteiger partial charge in [0.1, 0.15) is 0 Å². The third-order valence-corrected chi connectivity index (χ3v) is 5.50. The van der Waals surface area contributed by atoms with Crippen molar-refractivity contribution in [3.8, 4) is 0 Å². The van der Waals surface area contributed by atoms with E-state index in [9.17, 15) is 8.78 Å². The first-order chi connectivity index (χ1) is 8.12. The van der Waals surface area contributed by atoms with Crippen LogP contribution in [0.25, 0.3) is 0 Å². The van der Waals surface area contributed by atoms with E-state index in [0.29, 0.717) is 0 Å². The van der Waals surface area contributed by atoms with Crippen molar-refractivity contribution in [2.75, 3.05) is 5.33 Å². The molecular weight excluding hydrogens is 286 g/mol. The molecule has 2 atom stereocenters. The lowest BCUT2D eigenvalue weighted by Gasteiger charge is -2.28. The summed E-state index contributed by atoms with van der Waals surface area (Å²) in [7, 11) is 0. The Bertz CT molecular complexity index is 434. The highest BCUT2D eigenvalue weighted by atomic mass is 79.9. The van der Waals surface area contributed by atoms with Gasteiger partial charge in [0, 0.05) is 5.33 Å². The molecule has 3 heteroatoms. The predicted octanol–water partition coefficient (Wildman–Crippen LogP) is 4.32. The van der Waals surface area contributed by atoms with E-state index < -0.39 is 11.6 Å². The van der Waals surface area contributed by atoms with Crippen LogP contribution in [-0.2, 0) is 6.42 Å². The number of fused-ring (bicyclic) bond motifs is 1. The molecule has 1 aromatic carbocycles. The van der Waals surface area contributed by atoms with Crippen LogP contribution in [0.1, 0.15) is 24.8 Å². The van der Waals surface area contributed by atoms with Crippen LogP contribution in [0.3, 0.4) is 0 Å². The standard InChI is InChI=1S/C14H15BrF2/c15-8-14(6-10-4-11(10)7-14)5-9-1-2-12(16)13(17)3-9/h1-3,10-11H,4-8H2. The third-order valence-electron chi connectivity index (χ3n) is 4.31. The minimum atomic E-state index is -0.754. The first-order valence-electron chi connectivity index (χ1n) is 6.12. The fourth-order valence-corrected chi connectivity index (χ4v) is 4.05. The van der Waals surface area contributed by atoms with Crippen LogP contribution in [0.2, 0.25) is 0 Å². The molecule has 0 bridgehead atoms. The van der Waals surface area contributed by atoms with Gasteiger partial charge in [-0.3, -0.25) is 0 Å². The fourth-order valence-electron chi connectivity index (χ4n) is 3.39. The average Bonchev–Trinajstić information content (AvgIpc) is 2.93. The van der Waals surface area contributed by atoms with Gasteiger partial charge in [-0.05, 0) is 60.6 Å². The molecule has 2 aliphatic carbocycles. The molecule has 0 N–H and O–H groups in total. The highest BCUT2D eigenvalue weighted by Crippen LogP contribution is 2.61.